The Labute approximate surface area is 151 Å². The number of rotatable bonds is 7. The fraction of sp³-hybridized carbons (Fsp3) is 0.211. The Kier molecular flexibility index (Phi) is 5.85. The standard InChI is InChI=1S/C19H20N4OS/c1-15(25-14-16-7-3-2-4-8-16)19(24)21-18-10-12-23(22-18)13-17-9-5-6-11-20-17/h2-12,15H,13-14H2,1H3,(H,21,22,24)/t15-/m1/s1. The lowest BCUT2D eigenvalue weighted by Gasteiger charge is -2.10. The van der Waals surface area contributed by atoms with Crippen LogP contribution in [0.5, 0.6) is 0 Å². The van der Waals surface area contributed by atoms with E-state index in [0.717, 1.165) is 11.4 Å². The second kappa shape index (κ2) is 8.48. The number of pyridine rings is 1. The summed E-state index contributed by atoms with van der Waals surface area (Å²) in [5, 5.41) is 7.10. The van der Waals surface area contributed by atoms with Crippen LogP contribution in [0.25, 0.3) is 0 Å². The predicted molar refractivity (Wildman–Crippen MR) is 101 cm³/mol. The SMILES string of the molecule is C[C@@H](SCc1ccccc1)C(=O)Nc1ccn(Cc2ccccn2)n1. The summed E-state index contributed by atoms with van der Waals surface area (Å²) in [7, 11) is 0. The maximum Gasteiger partial charge on any atom is 0.238 e. The highest BCUT2D eigenvalue weighted by Crippen LogP contribution is 2.18. The van der Waals surface area contributed by atoms with E-state index in [-0.39, 0.29) is 11.2 Å². The van der Waals surface area contributed by atoms with Crippen molar-refractivity contribution in [3.63, 3.8) is 0 Å². The van der Waals surface area contributed by atoms with Crippen LogP contribution in [-0.4, -0.2) is 25.9 Å². The van der Waals surface area contributed by atoms with Crippen LogP contribution in [0.2, 0.25) is 0 Å². The minimum absolute atomic E-state index is 0.0379. The molecule has 0 bridgehead atoms. The van der Waals surface area contributed by atoms with E-state index in [1.54, 1.807) is 28.7 Å². The molecule has 0 aliphatic heterocycles. The molecule has 6 heteroatoms. The van der Waals surface area contributed by atoms with Gasteiger partial charge in [-0.25, -0.2) is 0 Å². The van der Waals surface area contributed by atoms with E-state index in [4.69, 9.17) is 0 Å². The number of amides is 1. The minimum atomic E-state index is -0.152. The number of hydrogen-bond acceptors (Lipinski definition) is 4. The third kappa shape index (κ3) is 5.19. The zero-order valence-corrected chi connectivity index (χ0v) is 14.8. The van der Waals surface area contributed by atoms with Gasteiger partial charge in [0, 0.05) is 24.2 Å². The molecule has 0 radical (unpaired) electrons. The largest absolute Gasteiger partial charge is 0.308 e. The molecule has 25 heavy (non-hydrogen) atoms. The Morgan fingerprint density at radius 1 is 1.16 bits per heavy atom. The normalized spacial score (nSPS) is 11.9. The molecule has 3 rings (SSSR count). The van der Waals surface area contributed by atoms with E-state index in [1.165, 1.54) is 5.56 Å². The number of thioether (sulfide) groups is 1. The van der Waals surface area contributed by atoms with Crippen molar-refractivity contribution in [2.75, 3.05) is 5.32 Å². The molecule has 2 heterocycles. The lowest BCUT2D eigenvalue weighted by molar-refractivity contribution is -0.115. The van der Waals surface area contributed by atoms with Crippen LogP contribution in [0.4, 0.5) is 5.82 Å². The summed E-state index contributed by atoms with van der Waals surface area (Å²) in [6.07, 6.45) is 3.60. The Balaban J connectivity index is 1.50. The summed E-state index contributed by atoms with van der Waals surface area (Å²) < 4.78 is 1.76. The van der Waals surface area contributed by atoms with E-state index >= 15 is 0 Å². The molecule has 1 aromatic carbocycles. The number of benzene rings is 1. The lowest BCUT2D eigenvalue weighted by atomic mass is 10.2. The average molecular weight is 352 g/mol. The van der Waals surface area contributed by atoms with Crippen molar-refractivity contribution in [1.82, 2.24) is 14.8 Å². The van der Waals surface area contributed by atoms with Gasteiger partial charge in [-0.05, 0) is 24.6 Å². The molecule has 0 saturated heterocycles. The highest BCUT2D eigenvalue weighted by molar-refractivity contribution is 7.99. The highest BCUT2D eigenvalue weighted by Gasteiger charge is 2.14. The van der Waals surface area contributed by atoms with E-state index in [1.807, 2.05) is 49.5 Å². The first-order valence-electron chi connectivity index (χ1n) is 8.10. The van der Waals surface area contributed by atoms with Crippen LogP contribution in [-0.2, 0) is 17.1 Å². The Bertz CT molecular complexity index is 805. The molecular formula is C19H20N4OS. The van der Waals surface area contributed by atoms with Crippen molar-refractivity contribution in [1.29, 1.82) is 0 Å². The average Bonchev–Trinajstić information content (AvgIpc) is 3.08. The van der Waals surface area contributed by atoms with Gasteiger partial charge in [0.15, 0.2) is 5.82 Å². The monoisotopic (exact) mass is 352 g/mol. The van der Waals surface area contributed by atoms with Crippen LogP contribution in [0.1, 0.15) is 18.2 Å². The first kappa shape index (κ1) is 17.2. The third-order valence-corrected chi connectivity index (χ3v) is 4.87. The van der Waals surface area contributed by atoms with Gasteiger partial charge in [-0.1, -0.05) is 36.4 Å². The molecule has 0 unspecified atom stereocenters. The molecule has 3 aromatic rings. The van der Waals surface area contributed by atoms with E-state index in [2.05, 4.69) is 27.5 Å². The second-order valence-electron chi connectivity index (χ2n) is 5.65. The summed E-state index contributed by atoms with van der Waals surface area (Å²) in [6.45, 7) is 2.49. The smallest absolute Gasteiger partial charge is 0.238 e. The first-order chi connectivity index (χ1) is 12.2. The number of carbonyl (C=O) groups excluding carboxylic acids is 1. The summed E-state index contributed by atoms with van der Waals surface area (Å²) in [4.78, 5) is 16.6. The molecule has 0 aliphatic rings. The van der Waals surface area contributed by atoms with Crippen LogP contribution < -0.4 is 5.32 Å². The summed E-state index contributed by atoms with van der Waals surface area (Å²) in [5.74, 6) is 1.33. The summed E-state index contributed by atoms with van der Waals surface area (Å²) >= 11 is 1.61. The van der Waals surface area contributed by atoms with Crippen LogP contribution in [0, 0.1) is 0 Å². The van der Waals surface area contributed by atoms with Gasteiger partial charge in [-0.3, -0.25) is 14.5 Å². The summed E-state index contributed by atoms with van der Waals surface area (Å²) in [6, 6.07) is 17.7. The molecule has 1 N–H and O–H groups in total. The Morgan fingerprint density at radius 2 is 1.96 bits per heavy atom. The van der Waals surface area contributed by atoms with E-state index in [9.17, 15) is 4.79 Å². The number of carbonyl (C=O) groups is 1. The predicted octanol–water partition coefficient (Wildman–Crippen LogP) is 3.59. The number of nitrogens with one attached hydrogen (secondary N) is 1. The number of aromatic nitrogens is 3. The Morgan fingerprint density at radius 3 is 2.72 bits per heavy atom. The number of hydrogen-bond donors (Lipinski definition) is 1. The molecular weight excluding hydrogens is 332 g/mol. The Hall–Kier alpha value is -2.60. The molecule has 0 spiro atoms. The van der Waals surface area contributed by atoms with Gasteiger partial charge in [0.25, 0.3) is 0 Å². The van der Waals surface area contributed by atoms with Gasteiger partial charge >= 0.3 is 0 Å². The topological polar surface area (TPSA) is 59.8 Å². The van der Waals surface area contributed by atoms with Gasteiger partial charge in [0.05, 0.1) is 17.5 Å². The third-order valence-electron chi connectivity index (χ3n) is 3.65. The zero-order chi connectivity index (χ0) is 17.5. The van der Waals surface area contributed by atoms with E-state index in [0.29, 0.717) is 12.4 Å². The molecule has 128 valence electrons. The maximum atomic E-state index is 12.3. The van der Waals surface area contributed by atoms with Gasteiger partial charge in [-0.15, -0.1) is 11.8 Å². The molecule has 0 aliphatic carbocycles. The minimum Gasteiger partial charge on any atom is -0.308 e. The van der Waals surface area contributed by atoms with Gasteiger partial charge in [-0.2, -0.15) is 5.10 Å². The number of anilines is 1. The number of nitrogens with zero attached hydrogens (tertiary/aromatic N) is 3. The van der Waals surface area contributed by atoms with Crippen molar-refractivity contribution >= 4 is 23.5 Å². The quantitative estimate of drug-likeness (QED) is 0.706. The highest BCUT2D eigenvalue weighted by atomic mass is 32.2. The van der Waals surface area contributed by atoms with Crippen molar-refractivity contribution in [2.24, 2.45) is 0 Å². The first-order valence-corrected chi connectivity index (χ1v) is 9.15. The van der Waals surface area contributed by atoms with Crippen molar-refractivity contribution in [3.05, 3.63) is 78.2 Å². The van der Waals surface area contributed by atoms with Crippen LogP contribution in [0.15, 0.2) is 67.0 Å². The van der Waals surface area contributed by atoms with Crippen molar-refractivity contribution < 1.29 is 4.79 Å². The fourth-order valence-corrected chi connectivity index (χ4v) is 3.12. The van der Waals surface area contributed by atoms with E-state index < -0.39 is 0 Å². The van der Waals surface area contributed by atoms with Gasteiger partial charge in [0.2, 0.25) is 5.91 Å². The van der Waals surface area contributed by atoms with Crippen LogP contribution >= 0.6 is 11.8 Å². The van der Waals surface area contributed by atoms with Gasteiger partial charge in [0.1, 0.15) is 0 Å². The molecule has 0 fully saturated rings. The fourth-order valence-electron chi connectivity index (χ4n) is 2.27. The van der Waals surface area contributed by atoms with Crippen molar-refractivity contribution in [3.8, 4) is 0 Å². The summed E-state index contributed by atoms with van der Waals surface area (Å²) in [5.41, 5.74) is 2.14. The molecule has 0 saturated carbocycles. The molecule has 2 aromatic heterocycles. The van der Waals surface area contributed by atoms with Crippen molar-refractivity contribution in [2.45, 2.75) is 24.5 Å². The lowest BCUT2D eigenvalue weighted by Crippen LogP contribution is -2.23. The molecule has 1 amide bonds. The van der Waals surface area contributed by atoms with Crippen LogP contribution in [0.3, 0.4) is 0 Å². The van der Waals surface area contributed by atoms with Gasteiger partial charge < -0.3 is 5.32 Å². The zero-order valence-electron chi connectivity index (χ0n) is 14.0. The molecule has 1 atom stereocenters. The molecule has 5 nitrogen and oxygen atoms in total. The second-order valence-corrected chi connectivity index (χ2v) is 6.98. The maximum absolute atomic E-state index is 12.3.